The zero-order chi connectivity index (χ0) is 23.1. The van der Waals surface area contributed by atoms with Gasteiger partial charge in [0.2, 0.25) is 5.83 Å². The summed E-state index contributed by atoms with van der Waals surface area (Å²) >= 11 is 0. The number of alkyl halides is 2. The minimum absolute atomic E-state index is 0.382. The Morgan fingerprint density at radius 2 is 1.44 bits per heavy atom. The van der Waals surface area contributed by atoms with Crippen LogP contribution in [0.1, 0.15) is 84.0 Å². The van der Waals surface area contributed by atoms with Crippen LogP contribution >= 0.6 is 0 Å². The molecule has 1 aromatic carbocycles. The average Bonchev–Trinajstić information content (AvgIpc) is 2.80. The molecule has 0 radical (unpaired) electrons. The molecule has 3 rings (SSSR count). The van der Waals surface area contributed by atoms with Crippen LogP contribution in [0, 0.1) is 29.5 Å². The van der Waals surface area contributed by atoms with Crippen molar-refractivity contribution in [1.82, 2.24) is 0 Å². The molecule has 2 saturated carbocycles. The molecule has 0 spiro atoms. The number of ether oxygens (including phenoxy) is 1. The summed E-state index contributed by atoms with van der Waals surface area (Å²) in [6, 6.07) is 3.75. The first-order valence-corrected chi connectivity index (χ1v) is 12.2. The number of benzene rings is 1. The Kier molecular flexibility index (Phi) is 9.01. The van der Waals surface area contributed by atoms with Gasteiger partial charge in [0.05, 0.1) is 0 Å². The number of unbranched alkanes of at least 4 members (excludes halogenated alkanes) is 2. The standard InChI is InChI=1S/C26H35F5O/c1-2-3-4-5-18-6-8-19(9-7-18)20-10-12-21(13-11-20)24(28)25(29)26(30,31)32-23-16-14-22(27)15-17-23/h14-21H,2-13H2,1H3. The second kappa shape index (κ2) is 11.5. The molecule has 1 nitrogen and oxygen atoms in total. The molecule has 2 fully saturated rings. The second-order valence-electron chi connectivity index (χ2n) is 9.62. The lowest BCUT2D eigenvalue weighted by Gasteiger charge is -2.37. The van der Waals surface area contributed by atoms with Crippen molar-refractivity contribution in [1.29, 1.82) is 0 Å². The van der Waals surface area contributed by atoms with Crippen molar-refractivity contribution in [2.45, 2.75) is 90.1 Å². The van der Waals surface area contributed by atoms with E-state index in [1.807, 2.05) is 0 Å². The molecule has 0 atom stereocenters. The van der Waals surface area contributed by atoms with E-state index < -0.39 is 35.2 Å². The molecule has 32 heavy (non-hydrogen) atoms. The molecule has 0 aromatic heterocycles. The van der Waals surface area contributed by atoms with E-state index in [0.717, 1.165) is 43.0 Å². The fraction of sp³-hybridized carbons (Fsp3) is 0.692. The monoisotopic (exact) mass is 458 g/mol. The average molecular weight is 459 g/mol. The van der Waals surface area contributed by atoms with Gasteiger partial charge in [0.15, 0.2) is 0 Å². The first kappa shape index (κ1) is 25.0. The van der Waals surface area contributed by atoms with Crippen LogP contribution in [-0.4, -0.2) is 6.11 Å². The first-order valence-electron chi connectivity index (χ1n) is 12.2. The minimum atomic E-state index is -4.42. The van der Waals surface area contributed by atoms with Gasteiger partial charge in [-0.3, -0.25) is 0 Å². The Hall–Kier alpha value is -1.59. The first-order chi connectivity index (χ1) is 15.3. The fourth-order valence-electron chi connectivity index (χ4n) is 5.49. The lowest BCUT2D eigenvalue weighted by atomic mass is 9.68. The molecule has 0 bridgehead atoms. The highest BCUT2D eigenvalue weighted by Gasteiger charge is 2.44. The second-order valence-corrected chi connectivity index (χ2v) is 9.62. The molecule has 180 valence electrons. The van der Waals surface area contributed by atoms with Crippen LogP contribution in [0.25, 0.3) is 0 Å². The van der Waals surface area contributed by atoms with Crippen LogP contribution in [0.15, 0.2) is 35.9 Å². The van der Waals surface area contributed by atoms with Gasteiger partial charge in [-0.2, -0.15) is 13.2 Å². The Labute approximate surface area is 188 Å². The van der Waals surface area contributed by atoms with Crippen LogP contribution in [0.4, 0.5) is 22.0 Å². The third-order valence-electron chi connectivity index (χ3n) is 7.43. The van der Waals surface area contributed by atoms with Gasteiger partial charge in [-0.15, -0.1) is 0 Å². The van der Waals surface area contributed by atoms with E-state index in [9.17, 15) is 22.0 Å². The maximum atomic E-state index is 14.6. The molecule has 0 saturated heterocycles. The molecule has 0 amide bonds. The molecular weight excluding hydrogens is 423 g/mol. The van der Waals surface area contributed by atoms with E-state index in [2.05, 4.69) is 11.7 Å². The highest BCUT2D eigenvalue weighted by molar-refractivity contribution is 5.24. The quantitative estimate of drug-likeness (QED) is 0.265. The van der Waals surface area contributed by atoms with E-state index >= 15 is 0 Å². The Balaban J connectivity index is 1.49. The highest BCUT2D eigenvalue weighted by Crippen LogP contribution is 2.45. The van der Waals surface area contributed by atoms with E-state index in [0.29, 0.717) is 24.7 Å². The normalized spacial score (nSPS) is 27.7. The van der Waals surface area contributed by atoms with Gasteiger partial charge in [0.25, 0.3) is 0 Å². The Morgan fingerprint density at radius 1 is 0.875 bits per heavy atom. The van der Waals surface area contributed by atoms with Crippen molar-refractivity contribution in [3.63, 3.8) is 0 Å². The number of allylic oxidation sites excluding steroid dienone is 1. The Morgan fingerprint density at radius 3 is 2.00 bits per heavy atom. The summed E-state index contributed by atoms with van der Waals surface area (Å²) in [7, 11) is 0. The maximum Gasteiger partial charge on any atom is 0.456 e. The maximum absolute atomic E-state index is 14.6. The number of rotatable bonds is 9. The van der Waals surface area contributed by atoms with E-state index in [4.69, 9.17) is 0 Å². The molecule has 1 aromatic rings. The van der Waals surface area contributed by atoms with Crippen molar-refractivity contribution in [2.75, 3.05) is 0 Å². The summed E-state index contributed by atoms with van der Waals surface area (Å²) in [5, 5.41) is 0. The highest BCUT2D eigenvalue weighted by atomic mass is 19.3. The summed E-state index contributed by atoms with van der Waals surface area (Å²) in [5.41, 5.74) is 0. The lowest BCUT2D eigenvalue weighted by Crippen LogP contribution is -2.29. The molecular formula is C26H35F5O. The van der Waals surface area contributed by atoms with Crippen molar-refractivity contribution in [3.05, 3.63) is 41.7 Å². The molecule has 0 aliphatic heterocycles. The summed E-state index contributed by atoms with van der Waals surface area (Å²) < 4.78 is 74.4. The molecule has 2 aliphatic rings. The molecule has 2 aliphatic carbocycles. The predicted molar refractivity (Wildman–Crippen MR) is 116 cm³/mol. The SMILES string of the molecule is CCCCCC1CCC(C2CCC(C(F)=C(F)C(F)(F)Oc3ccc(F)cc3)CC2)CC1. The van der Waals surface area contributed by atoms with Gasteiger partial charge < -0.3 is 4.74 Å². The minimum Gasteiger partial charge on any atom is -0.427 e. The zero-order valence-electron chi connectivity index (χ0n) is 18.9. The van der Waals surface area contributed by atoms with Gasteiger partial charge in [0, 0.05) is 5.92 Å². The predicted octanol–water partition coefficient (Wildman–Crippen LogP) is 9.14. The van der Waals surface area contributed by atoms with Crippen LogP contribution in [-0.2, 0) is 0 Å². The van der Waals surface area contributed by atoms with E-state index in [1.165, 1.54) is 51.4 Å². The summed E-state index contributed by atoms with van der Waals surface area (Å²) in [6.07, 6.45) is 7.91. The van der Waals surface area contributed by atoms with Crippen LogP contribution < -0.4 is 4.74 Å². The largest absolute Gasteiger partial charge is 0.456 e. The number of hydrogen-bond acceptors (Lipinski definition) is 1. The van der Waals surface area contributed by atoms with E-state index in [-0.39, 0.29) is 0 Å². The lowest BCUT2D eigenvalue weighted by molar-refractivity contribution is -0.159. The topological polar surface area (TPSA) is 9.23 Å². The van der Waals surface area contributed by atoms with Gasteiger partial charge in [-0.25, -0.2) is 8.78 Å². The van der Waals surface area contributed by atoms with Crippen LogP contribution in [0.5, 0.6) is 5.75 Å². The summed E-state index contributed by atoms with van der Waals surface area (Å²) in [4.78, 5) is 0. The smallest absolute Gasteiger partial charge is 0.427 e. The molecule has 6 heteroatoms. The van der Waals surface area contributed by atoms with E-state index in [1.54, 1.807) is 0 Å². The van der Waals surface area contributed by atoms with Crippen molar-refractivity contribution in [3.8, 4) is 5.75 Å². The van der Waals surface area contributed by atoms with Crippen LogP contribution in [0.3, 0.4) is 0 Å². The zero-order valence-corrected chi connectivity index (χ0v) is 18.9. The van der Waals surface area contributed by atoms with Crippen LogP contribution in [0.2, 0.25) is 0 Å². The Bertz CT molecular complexity index is 729. The van der Waals surface area contributed by atoms with Crippen molar-refractivity contribution >= 4 is 0 Å². The third-order valence-corrected chi connectivity index (χ3v) is 7.43. The number of halogens is 5. The summed E-state index contributed by atoms with van der Waals surface area (Å²) in [5.74, 6) is -3.54. The van der Waals surface area contributed by atoms with Gasteiger partial charge in [0.1, 0.15) is 17.4 Å². The van der Waals surface area contributed by atoms with Gasteiger partial charge in [-0.05, 0) is 80.5 Å². The molecule has 0 unspecified atom stereocenters. The van der Waals surface area contributed by atoms with Crippen molar-refractivity contribution < 1.29 is 26.7 Å². The third kappa shape index (κ3) is 6.71. The van der Waals surface area contributed by atoms with Gasteiger partial charge >= 0.3 is 6.11 Å². The van der Waals surface area contributed by atoms with Gasteiger partial charge in [-0.1, -0.05) is 45.4 Å². The van der Waals surface area contributed by atoms with Crippen molar-refractivity contribution in [2.24, 2.45) is 23.7 Å². The fourth-order valence-corrected chi connectivity index (χ4v) is 5.49. The molecule has 0 N–H and O–H groups in total. The molecule has 0 heterocycles. The number of hydrogen-bond donors (Lipinski definition) is 0. The summed E-state index contributed by atoms with van der Waals surface area (Å²) in [6.45, 7) is 2.22.